The van der Waals surface area contributed by atoms with E-state index in [0.29, 0.717) is 6.42 Å². The molecule has 0 bridgehead atoms. The van der Waals surface area contributed by atoms with Crippen LogP contribution in [0, 0.1) is 0 Å². The Morgan fingerprint density at radius 2 is 2.27 bits per heavy atom. The van der Waals surface area contributed by atoms with Gasteiger partial charge < -0.3 is 4.74 Å². The van der Waals surface area contributed by atoms with Crippen LogP contribution in [-0.4, -0.2) is 23.9 Å². The number of methoxy groups -OCH3 is 1. The van der Waals surface area contributed by atoms with Gasteiger partial charge >= 0.3 is 0 Å². The molecule has 0 saturated heterocycles. The molecule has 0 aliphatic carbocycles. The molecule has 78 valence electrons. The molecule has 1 aromatic carbocycles. The molecule has 15 heavy (non-hydrogen) atoms. The van der Waals surface area contributed by atoms with Crippen LogP contribution in [0.4, 0.5) is 0 Å². The predicted molar refractivity (Wildman–Crippen MR) is 60.2 cm³/mol. The summed E-state index contributed by atoms with van der Waals surface area (Å²) in [5.74, 6) is 0.0897. The van der Waals surface area contributed by atoms with Gasteiger partial charge in [-0.05, 0) is 17.6 Å². The van der Waals surface area contributed by atoms with Crippen LogP contribution in [0.1, 0.15) is 4.88 Å². The second-order valence-electron chi connectivity index (χ2n) is 3.27. The van der Waals surface area contributed by atoms with Crippen LogP contribution in [0.2, 0.25) is 0 Å². The van der Waals surface area contributed by atoms with Gasteiger partial charge in [-0.3, -0.25) is 4.79 Å². The monoisotopic (exact) mass is 221 g/mol. The van der Waals surface area contributed by atoms with Crippen molar-refractivity contribution in [3.05, 3.63) is 29.1 Å². The zero-order valence-corrected chi connectivity index (χ0v) is 9.21. The van der Waals surface area contributed by atoms with E-state index in [0.717, 1.165) is 15.8 Å². The van der Waals surface area contributed by atoms with Crippen molar-refractivity contribution in [2.75, 3.05) is 13.7 Å². The summed E-state index contributed by atoms with van der Waals surface area (Å²) in [6, 6.07) is 7.86. The summed E-state index contributed by atoms with van der Waals surface area (Å²) in [6.45, 7) is 0.173. The Bertz CT molecular complexity index is 478. The van der Waals surface area contributed by atoms with E-state index in [1.54, 1.807) is 0 Å². The number of aromatic nitrogens is 1. The Morgan fingerprint density at radius 3 is 3.07 bits per heavy atom. The lowest BCUT2D eigenvalue weighted by molar-refractivity contribution is -0.121. The van der Waals surface area contributed by atoms with Gasteiger partial charge in [-0.2, -0.15) is 4.37 Å². The van der Waals surface area contributed by atoms with Crippen molar-refractivity contribution in [3.8, 4) is 0 Å². The minimum absolute atomic E-state index is 0.0897. The molecule has 0 spiro atoms. The van der Waals surface area contributed by atoms with Crippen LogP contribution in [-0.2, 0) is 16.0 Å². The molecule has 0 aliphatic rings. The van der Waals surface area contributed by atoms with Gasteiger partial charge in [0.05, 0.1) is 5.52 Å². The number of ketones is 1. The van der Waals surface area contributed by atoms with E-state index in [1.165, 1.54) is 18.6 Å². The Kier molecular flexibility index (Phi) is 3.08. The highest BCUT2D eigenvalue weighted by Crippen LogP contribution is 2.22. The van der Waals surface area contributed by atoms with Crippen LogP contribution in [0.3, 0.4) is 0 Å². The first-order valence-corrected chi connectivity index (χ1v) is 5.42. The summed E-state index contributed by atoms with van der Waals surface area (Å²) < 4.78 is 9.08. The standard InChI is InChI=1S/C11H11NO2S/c1-14-7-8(13)6-11-9-4-2-3-5-10(9)12-15-11/h2-5H,6-7H2,1H3. The summed E-state index contributed by atoms with van der Waals surface area (Å²) in [5, 5.41) is 1.08. The van der Waals surface area contributed by atoms with Crippen molar-refractivity contribution in [1.29, 1.82) is 0 Å². The number of carbonyl (C=O) groups excluding carboxylic acids is 1. The fourth-order valence-electron chi connectivity index (χ4n) is 1.46. The number of hydrogen-bond acceptors (Lipinski definition) is 4. The van der Waals surface area contributed by atoms with Crippen LogP contribution in [0.5, 0.6) is 0 Å². The smallest absolute Gasteiger partial charge is 0.163 e. The first-order valence-electron chi connectivity index (χ1n) is 4.65. The van der Waals surface area contributed by atoms with Gasteiger partial charge in [-0.25, -0.2) is 0 Å². The van der Waals surface area contributed by atoms with Crippen molar-refractivity contribution in [2.45, 2.75) is 6.42 Å². The molecule has 3 nitrogen and oxygen atoms in total. The molecule has 2 rings (SSSR count). The lowest BCUT2D eigenvalue weighted by Gasteiger charge is -1.97. The lowest BCUT2D eigenvalue weighted by atomic mass is 10.1. The summed E-state index contributed by atoms with van der Waals surface area (Å²) in [5.41, 5.74) is 0.961. The number of nitrogens with zero attached hydrogens (tertiary/aromatic N) is 1. The summed E-state index contributed by atoms with van der Waals surface area (Å²) in [4.78, 5) is 12.4. The van der Waals surface area contributed by atoms with Gasteiger partial charge in [0.1, 0.15) is 6.61 Å². The largest absolute Gasteiger partial charge is 0.377 e. The third-order valence-corrected chi connectivity index (χ3v) is 2.99. The predicted octanol–water partition coefficient (Wildman–Crippen LogP) is 2.05. The first-order chi connectivity index (χ1) is 7.31. The van der Waals surface area contributed by atoms with Crippen LogP contribution < -0.4 is 0 Å². The Labute approximate surface area is 91.8 Å². The van der Waals surface area contributed by atoms with E-state index in [2.05, 4.69) is 4.37 Å². The molecule has 0 fully saturated rings. The maximum Gasteiger partial charge on any atom is 0.163 e. The molecule has 0 unspecified atom stereocenters. The fraction of sp³-hybridized carbons (Fsp3) is 0.273. The fourth-order valence-corrected chi connectivity index (χ4v) is 2.33. The van der Waals surface area contributed by atoms with Crippen molar-refractivity contribution in [2.24, 2.45) is 0 Å². The number of benzene rings is 1. The molecule has 0 radical (unpaired) electrons. The molecular formula is C11H11NO2S. The van der Waals surface area contributed by atoms with E-state index in [4.69, 9.17) is 4.74 Å². The number of Topliss-reactive ketones (excluding diaryl/α,β-unsaturated/α-hetero) is 1. The molecule has 2 aromatic rings. The quantitative estimate of drug-likeness (QED) is 0.793. The van der Waals surface area contributed by atoms with Crippen molar-refractivity contribution >= 4 is 28.2 Å². The van der Waals surface area contributed by atoms with E-state index in [1.807, 2.05) is 24.3 Å². The number of rotatable bonds is 4. The molecule has 1 heterocycles. The normalized spacial score (nSPS) is 10.7. The van der Waals surface area contributed by atoms with Crippen molar-refractivity contribution < 1.29 is 9.53 Å². The number of carbonyl (C=O) groups is 1. The molecule has 0 saturated carbocycles. The summed E-state index contributed by atoms with van der Waals surface area (Å²) in [6.07, 6.45) is 0.416. The molecule has 0 amide bonds. The zero-order valence-electron chi connectivity index (χ0n) is 8.40. The number of fused-ring (bicyclic) bond motifs is 1. The average molecular weight is 221 g/mol. The molecule has 0 N–H and O–H groups in total. The Balaban J connectivity index is 2.25. The first kappa shape index (κ1) is 10.3. The van der Waals surface area contributed by atoms with Gasteiger partial charge in [-0.1, -0.05) is 18.2 Å². The van der Waals surface area contributed by atoms with Gasteiger partial charge in [0.2, 0.25) is 0 Å². The van der Waals surface area contributed by atoms with Gasteiger partial charge in [0.25, 0.3) is 0 Å². The third kappa shape index (κ3) is 2.22. The van der Waals surface area contributed by atoms with E-state index < -0.39 is 0 Å². The third-order valence-electron chi connectivity index (χ3n) is 2.12. The minimum Gasteiger partial charge on any atom is -0.377 e. The highest BCUT2D eigenvalue weighted by Gasteiger charge is 2.09. The minimum atomic E-state index is 0.0897. The van der Waals surface area contributed by atoms with Gasteiger partial charge in [-0.15, -0.1) is 0 Å². The Hall–Kier alpha value is -1.26. The Morgan fingerprint density at radius 1 is 1.47 bits per heavy atom. The van der Waals surface area contributed by atoms with Crippen LogP contribution in [0.15, 0.2) is 24.3 Å². The number of ether oxygens (including phenoxy) is 1. The number of hydrogen-bond donors (Lipinski definition) is 0. The van der Waals surface area contributed by atoms with E-state index in [9.17, 15) is 4.79 Å². The maximum atomic E-state index is 11.4. The van der Waals surface area contributed by atoms with E-state index in [-0.39, 0.29) is 12.4 Å². The van der Waals surface area contributed by atoms with Gasteiger partial charge in [0.15, 0.2) is 5.78 Å². The van der Waals surface area contributed by atoms with Crippen LogP contribution in [0.25, 0.3) is 10.9 Å². The zero-order chi connectivity index (χ0) is 10.7. The summed E-state index contributed by atoms with van der Waals surface area (Å²) in [7, 11) is 1.53. The highest BCUT2D eigenvalue weighted by molar-refractivity contribution is 7.07. The lowest BCUT2D eigenvalue weighted by Crippen LogP contribution is -2.08. The van der Waals surface area contributed by atoms with Crippen molar-refractivity contribution in [3.63, 3.8) is 0 Å². The van der Waals surface area contributed by atoms with Crippen molar-refractivity contribution in [1.82, 2.24) is 4.37 Å². The average Bonchev–Trinajstić information content (AvgIpc) is 2.62. The van der Waals surface area contributed by atoms with Gasteiger partial charge in [0, 0.05) is 23.8 Å². The molecule has 0 atom stereocenters. The molecular weight excluding hydrogens is 210 g/mol. The highest BCUT2D eigenvalue weighted by atomic mass is 32.1. The molecule has 4 heteroatoms. The van der Waals surface area contributed by atoms with Crippen LogP contribution >= 0.6 is 11.5 Å². The maximum absolute atomic E-state index is 11.4. The van der Waals surface area contributed by atoms with E-state index >= 15 is 0 Å². The second kappa shape index (κ2) is 4.51. The molecule has 1 aromatic heterocycles. The SMILES string of the molecule is COCC(=O)Cc1snc2ccccc12. The second-order valence-corrected chi connectivity index (χ2v) is 4.13. The molecule has 0 aliphatic heterocycles. The summed E-state index contributed by atoms with van der Waals surface area (Å²) >= 11 is 1.39. The topological polar surface area (TPSA) is 39.2 Å².